The van der Waals surface area contributed by atoms with Gasteiger partial charge in [-0.2, -0.15) is 0 Å². The Morgan fingerprint density at radius 3 is 2.67 bits per heavy atom. The molecule has 0 aliphatic carbocycles. The van der Waals surface area contributed by atoms with Crippen LogP contribution in [0.3, 0.4) is 0 Å². The van der Waals surface area contributed by atoms with Crippen molar-refractivity contribution in [2.45, 2.75) is 33.2 Å². The predicted molar refractivity (Wildman–Crippen MR) is 113 cm³/mol. The molecule has 0 radical (unpaired) electrons. The SMILES string of the molecule is CCOC(=O)CCN(Cc1cccnc1)C(=O)C1CC(=O)N(c2ccc(C)cc2)C1. The molecule has 30 heavy (non-hydrogen) atoms. The van der Waals surface area contributed by atoms with E-state index in [0.29, 0.717) is 19.7 Å². The van der Waals surface area contributed by atoms with Gasteiger partial charge in [0.2, 0.25) is 11.8 Å². The highest BCUT2D eigenvalue weighted by molar-refractivity contribution is 6.00. The number of benzene rings is 1. The average Bonchev–Trinajstić information content (AvgIpc) is 3.13. The van der Waals surface area contributed by atoms with Crippen molar-refractivity contribution in [3.63, 3.8) is 0 Å². The molecule has 1 aromatic carbocycles. The quantitative estimate of drug-likeness (QED) is 0.627. The monoisotopic (exact) mass is 409 g/mol. The van der Waals surface area contributed by atoms with Crippen molar-refractivity contribution >= 4 is 23.5 Å². The number of ether oxygens (including phenoxy) is 1. The second-order valence-electron chi connectivity index (χ2n) is 7.42. The van der Waals surface area contributed by atoms with E-state index in [1.165, 1.54) is 0 Å². The zero-order valence-electron chi connectivity index (χ0n) is 17.4. The fourth-order valence-corrected chi connectivity index (χ4v) is 3.54. The Bertz CT molecular complexity index is 883. The van der Waals surface area contributed by atoms with Gasteiger partial charge in [0.1, 0.15) is 0 Å². The molecule has 0 bridgehead atoms. The first-order valence-electron chi connectivity index (χ1n) is 10.2. The molecule has 1 aliphatic rings. The van der Waals surface area contributed by atoms with Gasteiger partial charge in [0.15, 0.2) is 0 Å². The summed E-state index contributed by atoms with van der Waals surface area (Å²) in [6.45, 7) is 4.95. The number of carbonyl (C=O) groups excluding carboxylic acids is 3. The van der Waals surface area contributed by atoms with Gasteiger partial charge < -0.3 is 14.5 Å². The van der Waals surface area contributed by atoms with Gasteiger partial charge in [-0.3, -0.25) is 19.4 Å². The summed E-state index contributed by atoms with van der Waals surface area (Å²) in [5, 5.41) is 0. The van der Waals surface area contributed by atoms with Gasteiger partial charge in [-0.15, -0.1) is 0 Å². The largest absolute Gasteiger partial charge is 0.466 e. The minimum atomic E-state index is -0.447. The number of anilines is 1. The van der Waals surface area contributed by atoms with Crippen molar-refractivity contribution in [1.82, 2.24) is 9.88 Å². The highest BCUT2D eigenvalue weighted by Gasteiger charge is 2.37. The summed E-state index contributed by atoms with van der Waals surface area (Å²) in [6.07, 6.45) is 3.64. The van der Waals surface area contributed by atoms with E-state index in [1.807, 2.05) is 43.3 Å². The first-order valence-corrected chi connectivity index (χ1v) is 10.2. The Hall–Kier alpha value is -3.22. The standard InChI is InChI=1S/C23H27N3O4/c1-3-30-22(28)10-12-25(15-18-5-4-11-24-14-18)23(29)19-13-21(27)26(16-19)20-8-6-17(2)7-9-20/h4-9,11,14,19H,3,10,12-13,15-16H2,1-2H3. The predicted octanol–water partition coefficient (Wildman–Crippen LogP) is 2.72. The molecule has 7 nitrogen and oxygen atoms in total. The molecule has 3 rings (SSSR count). The number of aryl methyl sites for hydroxylation is 1. The lowest BCUT2D eigenvalue weighted by molar-refractivity contribution is -0.144. The summed E-state index contributed by atoms with van der Waals surface area (Å²) in [6, 6.07) is 11.4. The van der Waals surface area contributed by atoms with Gasteiger partial charge >= 0.3 is 5.97 Å². The second-order valence-corrected chi connectivity index (χ2v) is 7.42. The van der Waals surface area contributed by atoms with Crippen molar-refractivity contribution in [2.24, 2.45) is 5.92 Å². The Morgan fingerprint density at radius 1 is 1.23 bits per heavy atom. The van der Waals surface area contributed by atoms with Crippen LogP contribution in [0.5, 0.6) is 0 Å². The summed E-state index contributed by atoms with van der Waals surface area (Å²) >= 11 is 0. The fraction of sp³-hybridized carbons (Fsp3) is 0.391. The topological polar surface area (TPSA) is 79.8 Å². The lowest BCUT2D eigenvalue weighted by Crippen LogP contribution is -2.38. The molecule has 1 fully saturated rings. The van der Waals surface area contributed by atoms with Gasteiger partial charge in [0, 0.05) is 44.1 Å². The van der Waals surface area contributed by atoms with Crippen molar-refractivity contribution < 1.29 is 19.1 Å². The second kappa shape index (κ2) is 10.0. The Kier molecular flexibility index (Phi) is 7.17. The van der Waals surface area contributed by atoms with E-state index in [1.54, 1.807) is 29.1 Å². The number of hydrogen-bond acceptors (Lipinski definition) is 5. The number of hydrogen-bond donors (Lipinski definition) is 0. The fourth-order valence-electron chi connectivity index (χ4n) is 3.54. The number of nitrogens with zero attached hydrogens (tertiary/aromatic N) is 3. The molecule has 7 heteroatoms. The third-order valence-corrected chi connectivity index (χ3v) is 5.12. The summed E-state index contributed by atoms with van der Waals surface area (Å²) in [5.74, 6) is -0.988. The molecule has 2 amide bonds. The molecule has 2 heterocycles. The number of pyridine rings is 1. The summed E-state index contributed by atoms with van der Waals surface area (Å²) in [5.41, 5.74) is 2.78. The van der Waals surface area contributed by atoms with Gasteiger partial charge in [-0.25, -0.2) is 0 Å². The van der Waals surface area contributed by atoms with E-state index < -0.39 is 5.92 Å². The van der Waals surface area contributed by atoms with E-state index in [0.717, 1.165) is 16.8 Å². The van der Waals surface area contributed by atoms with Gasteiger partial charge in [-0.05, 0) is 37.6 Å². The number of rotatable bonds is 8. The highest BCUT2D eigenvalue weighted by Crippen LogP contribution is 2.27. The molecule has 0 N–H and O–H groups in total. The van der Waals surface area contributed by atoms with Crippen molar-refractivity contribution in [3.8, 4) is 0 Å². The van der Waals surface area contributed by atoms with Crippen LogP contribution in [0.15, 0.2) is 48.8 Å². The van der Waals surface area contributed by atoms with Crippen LogP contribution in [0, 0.1) is 12.8 Å². The maximum atomic E-state index is 13.3. The summed E-state index contributed by atoms with van der Waals surface area (Å²) < 4.78 is 5.00. The Balaban J connectivity index is 1.72. The van der Waals surface area contributed by atoms with Crippen LogP contribution in [0.4, 0.5) is 5.69 Å². The summed E-state index contributed by atoms with van der Waals surface area (Å²) in [4.78, 5) is 45.1. The van der Waals surface area contributed by atoms with Crippen LogP contribution >= 0.6 is 0 Å². The summed E-state index contributed by atoms with van der Waals surface area (Å²) in [7, 11) is 0. The Labute approximate surface area is 176 Å². The average molecular weight is 409 g/mol. The van der Waals surface area contributed by atoms with Gasteiger partial charge in [0.05, 0.1) is 18.9 Å². The maximum absolute atomic E-state index is 13.3. The van der Waals surface area contributed by atoms with Crippen LogP contribution in [0.2, 0.25) is 0 Å². The van der Waals surface area contributed by atoms with Crippen LogP contribution in [0.1, 0.15) is 30.9 Å². The van der Waals surface area contributed by atoms with Crippen molar-refractivity contribution in [2.75, 3.05) is 24.6 Å². The van der Waals surface area contributed by atoms with Crippen molar-refractivity contribution in [1.29, 1.82) is 0 Å². The minimum absolute atomic E-state index is 0.0658. The lowest BCUT2D eigenvalue weighted by atomic mass is 10.1. The molecule has 1 unspecified atom stereocenters. The van der Waals surface area contributed by atoms with Crippen LogP contribution in [-0.2, 0) is 25.7 Å². The molecular weight excluding hydrogens is 382 g/mol. The number of carbonyl (C=O) groups is 3. The maximum Gasteiger partial charge on any atom is 0.307 e. The van der Waals surface area contributed by atoms with Gasteiger partial charge in [-0.1, -0.05) is 23.8 Å². The van der Waals surface area contributed by atoms with E-state index in [2.05, 4.69) is 4.98 Å². The number of esters is 1. The van der Waals surface area contributed by atoms with E-state index in [4.69, 9.17) is 4.74 Å². The normalized spacial score (nSPS) is 15.9. The lowest BCUT2D eigenvalue weighted by Gasteiger charge is -2.25. The molecule has 1 aromatic heterocycles. The molecular formula is C23H27N3O4. The molecule has 158 valence electrons. The molecule has 1 saturated heterocycles. The first-order chi connectivity index (χ1) is 14.5. The van der Waals surface area contributed by atoms with Crippen LogP contribution < -0.4 is 4.90 Å². The Morgan fingerprint density at radius 2 is 2.00 bits per heavy atom. The molecule has 0 saturated carbocycles. The molecule has 0 spiro atoms. The third kappa shape index (κ3) is 5.43. The smallest absolute Gasteiger partial charge is 0.307 e. The van der Waals surface area contributed by atoms with E-state index in [9.17, 15) is 14.4 Å². The molecule has 1 aliphatic heterocycles. The van der Waals surface area contributed by atoms with Crippen LogP contribution in [0.25, 0.3) is 0 Å². The van der Waals surface area contributed by atoms with Gasteiger partial charge in [0.25, 0.3) is 0 Å². The molecule has 1 atom stereocenters. The van der Waals surface area contributed by atoms with E-state index >= 15 is 0 Å². The van der Waals surface area contributed by atoms with Crippen molar-refractivity contribution in [3.05, 3.63) is 59.9 Å². The number of aromatic nitrogens is 1. The zero-order valence-corrected chi connectivity index (χ0v) is 17.4. The minimum Gasteiger partial charge on any atom is -0.466 e. The zero-order chi connectivity index (χ0) is 21.5. The van der Waals surface area contributed by atoms with Crippen LogP contribution in [-0.4, -0.2) is 47.4 Å². The third-order valence-electron chi connectivity index (χ3n) is 5.12. The molecule has 2 aromatic rings. The number of amides is 2. The highest BCUT2D eigenvalue weighted by atomic mass is 16.5. The first kappa shape index (κ1) is 21.5. The van der Waals surface area contributed by atoms with E-state index in [-0.39, 0.29) is 37.2 Å².